The van der Waals surface area contributed by atoms with Crippen LogP contribution in [0.1, 0.15) is 95.1 Å². The van der Waals surface area contributed by atoms with Gasteiger partial charge in [-0.05, 0) is 51.5 Å². The van der Waals surface area contributed by atoms with Gasteiger partial charge in [-0.1, -0.05) is 18.2 Å². The van der Waals surface area contributed by atoms with E-state index in [1.54, 1.807) is 18.2 Å². The van der Waals surface area contributed by atoms with E-state index in [1.807, 2.05) is 0 Å². The molecule has 12 atom stereocenters. The molecule has 1 saturated heterocycles. The summed E-state index contributed by atoms with van der Waals surface area (Å²) in [6, 6.07) is 10.4. The first kappa shape index (κ1) is 49.0. The van der Waals surface area contributed by atoms with E-state index in [4.69, 9.17) is 47.4 Å². The van der Waals surface area contributed by atoms with Crippen LogP contribution in [0.25, 0.3) is 0 Å². The predicted octanol–water partition coefficient (Wildman–Crippen LogP) is 1.84. The number of fused-ring (bicyclic) bond motifs is 5. The third-order valence-corrected chi connectivity index (χ3v) is 12.5. The maximum Gasteiger partial charge on any atom is 0.350 e. The Kier molecular flexibility index (Phi) is 13.4. The zero-order chi connectivity index (χ0) is 48.7. The minimum absolute atomic E-state index is 0.00555. The first-order chi connectivity index (χ1) is 30.8. The van der Waals surface area contributed by atoms with Crippen molar-refractivity contribution in [3.8, 4) is 0 Å². The Morgan fingerprint density at radius 2 is 1.29 bits per heavy atom. The molecule has 2 aromatic rings. The highest BCUT2D eigenvalue weighted by molar-refractivity contribution is 5.93. The van der Waals surface area contributed by atoms with Crippen LogP contribution in [0, 0.1) is 11.3 Å². The maximum absolute atomic E-state index is 15.1. The van der Waals surface area contributed by atoms with Crippen molar-refractivity contribution in [3.05, 3.63) is 65.5 Å². The van der Waals surface area contributed by atoms with Crippen molar-refractivity contribution in [1.82, 2.24) is 4.98 Å². The molecule has 2 aliphatic heterocycles. The van der Waals surface area contributed by atoms with Gasteiger partial charge in [0.15, 0.2) is 30.0 Å². The number of pyridine rings is 1. The summed E-state index contributed by atoms with van der Waals surface area (Å²) in [5.41, 5.74) is -13.2. The van der Waals surface area contributed by atoms with E-state index in [1.165, 1.54) is 44.3 Å². The van der Waals surface area contributed by atoms with Crippen molar-refractivity contribution in [2.45, 2.75) is 134 Å². The number of carbonyl (C=O) groups is 9. The number of ether oxygens (including phenoxy) is 10. The van der Waals surface area contributed by atoms with Gasteiger partial charge in [-0.3, -0.25) is 33.8 Å². The van der Waals surface area contributed by atoms with Crippen molar-refractivity contribution in [2.75, 3.05) is 13.2 Å². The lowest BCUT2D eigenvalue weighted by Crippen LogP contribution is -2.89. The van der Waals surface area contributed by atoms with Crippen LogP contribution in [0.2, 0.25) is 0 Å². The molecule has 1 spiro atoms. The van der Waals surface area contributed by atoms with Crippen LogP contribution in [0.15, 0.2) is 48.7 Å². The zero-order valence-electron chi connectivity index (χ0n) is 37.6. The Morgan fingerprint density at radius 3 is 1.86 bits per heavy atom. The van der Waals surface area contributed by atoms with Gasteiger partial charge in [0.05, 0.1) is 22.7 Å². The van der Waals surface area contributed by atoms with E-state index in [-0.39, 0.29) is 23.2 Å². The number of aromatic nitrogens is 1. The van der Waals surface area contributed by atoms with Crippen molar-refractivity contribution in [3.63, 3.8) is 0 Å². The maximum atomic E-state index is 15.1. The lowest BCUT2D eigenvalue weighted by atomic mass is 9.45. The third kappa shape index (κ3) is 8.44. The highest BCUT2D eigenvalue weighted by Gasteiger charge is 2.92. The Labute approximate surface area is 377 Å². The van der Waals surface area contributed by atoms with Gasteiger partial charge in [-0.25, -0.2) is 14.4 Å². The van der Waals surface area contributed by atoms with Gasteiger partial charge >= 0.3 is 53.7 Å². The van der Waals surface area contributed by atoms with Gasteiger partial charge in [-0.2, -0.15) is 0 Å². The van der Waals surface area contributed by atoms with Crippen LogP contribution < -0.4 is 0 Å². The molecule has 4 bridgehead atoms. The molecule has 0 amide bonds. The van der Waals surface area contributed by atoms with E-state index in [0.717, 1.165) is 48.5 Å². The normalized spacial score (nSPS) is 34.6. The number of aryl methyl sites for hydroxylation is 1. The summed E-state index contributed by atoms with van der Waals surface area (Å²) < 4.78 is 60.7. The van der Waals surface area contributed by atoms with Crippen LogP contribution in [0.5, 0.6) is 0 Å². The van der Waals surface area contributed by atoms with Crippen LogP contribution >= 0.6 is 0 Å². The fourth-order valence-electron chi connectivity index (χ4n) is 10.1. The molecule has 1 aromatic heterocycles. The second-order valence-corrected chi connectivity index (χ2v) is 17.3. The van der Waals surface area contributed by atoms with Gasteiger partial charge in [0, 0.05) is 54.2 Å². The van der Waals surface area contributed by atoms with Gasteiger partial charge in [0.1, 0.15) is 42.0 Å². The molecular formula is C45H51NO20. The van der Waals surface area contributed by atoms with Crippen molar-refractivity contribution >= 4 is 53.7 Å². The fraction of sp³-hybridized carbons (Fsp3) is 0.556. The molecule has 6 rings (SSSR count). The second-order valence-electron chi connectivity index (χ2n) is 17.3. The molecular weight excluding hydrogens is 874 g/mol. The number of cyclic esters (lactones) is 1. The topological polar surface area (TPSA) is 279 Å². The first-order valence-electron chi connectivity index (χ1n) is 20.9. The van der Waals surface area contributed by atoms with Gasteiger partial charge in [-0.15, -0.1) is 0 Å². The molecule has 0 radical (unpaired) electrons. The monoisotopic (exact) mass is 925 g/mol. The van der Waals surface area contributed by atoms with Gasteiger partial charge in [0.25, 0.3) is 0 Å². The highest BCUT2D eigenvalue weighted by atomic mass is 16.7. The summed E-state index contributed by atoms with van der Waals surface area (Å²) in [6.07, 6.45) is -12.1. The van der Waals surface area contributed by atoms with Crippen LogP contribution in [0.3, 0.4) is 0 Å². The number of aliphatic hydroxyl groups is 1. The first-order valence-corrected chi connectivity index (χ1v) is 20.9. The highest BCUT2D eigenvalue weighted by Crippen LogP contribution is 2.70. The average Bonchev–Trinajstić information content (AvgIpc) is 3.44. The Hall–Kier alpha value is -6.48. The zero-order valence-corrected chi connectivity index (χ0v) is 37.6. The molecule has 21 heteroatoms. The molecule has 0 unspecified atom stereocenters. The Bertz CT molecular complexity index is 2310. The summed E-state index contributed by atoms with van der Waals surface area (Å²) in [5.74, 6) is -11.6. The SMILES string of the molecule is CC(=O)OC[C@]12[C@H](OC(C)=O)[C@H](OC(C)=O)[C@H]3OC(=O)[C@@](C)(OC(=O)c4ccccc4)CCc4ncccc4C(=O)OC[C@@]4(C)O[C@]1([C@@H](OC(C)=O)[C@@H]4[C@H](OC(C)=O)[C@@H]2OC(C)=O)[C@]3(C)O. The standard InChI is InChI=1S/C45H51NO20/c1-22(47)57-21-44-36(62-26(5)51)32(59-23(2)48)31-34(61-25(4)50)45(44)43(9,56)35(33(60-24(3)49)37(44)63-27(6)52)64-40(55)41(7,65-38(53)28-14-11-10-12-15-28)18-17-30-29(16-13-19-46-30)39(54)58-20-42(31,8)66-45/h10-16,19,31-37,56H,17-18,20-21H2,1-9H3/t31-,32-,33+,34-,35+,36-,37+,41-,42+,43+,44-,45+/m0/s1. The molecule has 356 valence electrons. The van der Waals surface area contributed by atoms with Gasteiger partial charge in [0.2, 0.25) is 5.60 Å². The summed E-state index contributed by atoms with van der Waals surface area (Å²) >= 11 is 0. The number of nitrogens with zero attached hydrogens (tertiary/aromatic N) is 1. The Morgan fingerprint density at radius 1 is 0.727 bits per heavy atom. The van der Waals surface area contributed by atoms with E-state index in [9.17, 15) is 43.5 Å². The minimum Gasteiger partial charge on any atom is -0.465 e. The molecule has 4 aliphatic rings. The van der Waals surface area contributed by atoms with E-state index in [2.05, 4.69) is 4.98 Å². The van der Waals surface area contributed by atoms with Crippen molar-refractivity contribution < 1.29 is 95.6 Å². The molecule has 21 nitrogen and oxygen atoms in total. The molecule has 3 fully saturated rings. The smallest absolute Gasteiger partial charge is 0.350 e. The molecule has 3 heterocycles. The number of hydrogen-bond donors (Lipinski definition) is 1. The quantitative estimate of drug-likeness (QED) is 0.277. The van der Waals surface area contributed by atoms with E-state index in [0.29, 0.717) is 0 Å². The predicted molar refractivity (Wildman–Crippen MR) is 216 cm³/mol. The van der Waals surface area contributed by atoms with E-state index >= 15 is 4.79 Å². The van der Waals surface area contributed by atoms with Crippen LogP contribution in [0.4, 0.5) is 0 Å². The van der Waals surface area contributed by atoms with E-state index < -0.39 is 144 Å². The molecule has 66 heavy (non-hydrogen) atoms. The summed E-state index contributed by atoms with van der Waals surface area (Å²) in [7, 11) is 0. The summed E-state index contributed by atoms with van der Waals surface area (Å²) in [5, 5.41) is 13.7. The fourth-order valence-corrected chi connectivity index (χ4v) is 10.1. The summed E-state index contributed by atoms with van der Waals surface area (Å²) in [6.45, 7) is 7.32. The number of rotatable bonds is 9. The largest absolute Gasteiger partial charge is 0.465 e. The molecule has 1 aromatic carbocycles. The number of benzene rings is 1. The molecule has 2 aliphatic carbocycles. The molecule has 2 saturated carbocycles. The van der Waals surface area contributed by atoms with Gasteiger partial charge < -0.3 is 52.5 Å². The van der Waals surface area contributed by atoms with Crippen LogP contribution in [-0.2, 0) is 87.4 Å². The third-order valence-electron chi connectivity index (χ3n) is 12.5. The average molecular weight is 926 g/mol. The molecule has 1 N–H and O–H groups in total. The lowest BCUT2D eigenvalue weighted by molar-refractivity contribution is -0.387. The number of esters is 9. The number of carbonyl (C=O) groups excluding carboxylic acids is 9. The Balaban J connectivity index is 1.76. The van der Waals surface area contributed by atoms with Crippen LogP contribution in [-0.4, -0.2) is 136 Å². The summed E-state index contributed by atoms with van der Waals surface area (Å²) in [4.78, 5) is 127. The number of hydrogen-bond acceptors (Lipinski definition) is 21. The van der Waals surface area contributed by atoms with Crippen molar-refractivity contribution in [2.24, 2.45) is 11.3 Å². The second kappa shape index (κ2) is 18.1. The lowest BCUT2D eigenvalue weighted by Gasteiger charge is -2.67. The van der Waals surface area contributed by atoms with Crippen molar-refractivity contribution in [1.29, 1.82) is 0 Å². The minimum atomic E-state index is -3.01.